The van der Waals surface area contributed by atoms with Crippen LogP contribution in [0.5, 0.6) is 0 Å². The molecule has 1 aromatic heterocycles. The van der Waals surface area contributed by atoms with Gasteiger partial charge >= 0.3 is 0 Å². The molecule has 96 valence electrons. The summed E-state index contributed by atoms with van der Waals surface area (Å²) in [6, 6.07) is 2.74. The van der Waals surface area contributed by atoms with Gasteiger partial charge in [0.25, 0.3) is 5.56 Å². The summed E-state index contributed by atoms with van der Waals surface area (Å²) < 4.78 is 0. The van der Waals surface area contributed by atoms with E-state index in [1.807, 2.05) is 0 Å². The molecule has 1 heterocycles. The maximum atomic E-state index is 12.3. The number of aromatic nitrogens is 2. The summed E-state index contributed by atoms with van der Waals surface area (Å²) >= 11 is 5.02. The maximum Gasteiger partial charge on any atom is 0.264 e. The number of nitrogens with one attached hydrogen (secondary N) is 2. The van der Waals surface area contributed by atoms with E-state index in [1.54, 1.807) is 0 Å². The zero-order chi connectivity index (χ0) is 13.2. The SMILES string of the molecule is NC(=S)C1(C(=O)Nc2ccc(=O)[nH]n2)CCCC1. The van der Waals surface area contributed by atoms with Gasteiger partial charge in [0, 0.05) is 6.07 Å². The Morgan fingerprint density at radius 2 is 2.11 bits per heavy atom. The minimum Gasteiger partial charge on any atom is -0.392 e. The van der Waals surface area contributed by atoms with Gasteiger partial charge in [-0.15, -0.1) is 0 Å². The first-order chi connectivity index (χ1) is 8.54. The number of anilines is 1. The van der Waals surface area contributed by atoms with E-state index in [0.717, 1.165) is 12.8 Å². The van der Waals surface area contributed by atoms with E-state index in [9.17, 15) is 9.59 Å². The first-order valence-corrected chi connectivity index (χ1v) is 6.12. The minimum atomic E-state index is -0.771. The van der Waals surface area contributed by atoms with Crippen molar-refractivity contribution in [3.8, 4) is 0 Å². The molecule has 0 aromatic carbocycles. The van der Waals surface area contributed by atoms with Crippen LogP contribution in [0.2, 0.25) is 0 Å². The predicted molar refractivity (Wildman–Crippen MR) is 71.2 cm³/mol. The van der Waals surface area contributed by atoms with Crippen molar-refractivity contribution < 1.29 is 4.79 Å². The highest BCUT2D eigenvalue weighted by molar-refractivity contribution is 7.80. The molecule has 1 aliphatic carbocycles. The highest BCUT2D eigenvalue weighted by atomic mass is 32.1. The Labute approximate surface area is 109 Å². The van der Waals surface area contributed by atoms with E-state index in [-0.39, 0.29) is 16.5 Å². The Bertz CT molecular complexity index is 514. The molecule has 6 nitrogen and oxygen atoms in total. The fraction of sp³-hybridized carbons (Fsp3) is 0.455. The summed E-state index contributed by atoms with van der Waals surface area (Å²) in [5, 5.41) is 8.63. The van der Waals surface area contributed by atoms with Gasteiger partial charge in [-0.1, -0.05) is 25.1 Å². The molecule has 1 saturated carbocycles. The fourth-order valence-corrected chi connectivity index (χ4v) is 2.51. The number of hydrogen-bond acceptors (Lipinski definition) is 4. The summed E-state index contributed by atoms with van der Waals surface area (Å²) in [7, 11) is 0. The molecule has 0 bridgehead atoms. The van der Waals surface area contributed by atoms with Crippen molar-refractivity contribution in [2.75, 3.05) is 5.32 Å². The zero-order valence-electron chi connectivity index (χ0n) is 9.73. The van der Waals surface area contributed by atoms with Crippen molar-refractivity contribution in [2.45, 2.75) is 25.7 Å². The van der Waals surface area contributed by atoms with Gasteiger partial charge in [0.05, 0.1) is 10.4 Å². The number of amides is 1. The Morgan fingerprint density at radius 3 is 2.61 bits per heavy atom. The van der Waals surface area contributed by atoms with Gasteiger partial charge in [-0.3, -0.25) is 9.59 Å². The number of H-pyrrole nitrogens is 1. The number of nitrogens with zero attached hydrogens (tertiary/aromatic N) is 1. The van der Waals surface area contributed by atoms with Crippen molar-refractivity contribution in [1.29, 1.82) is 0 Å². The molecule has 4 N–H and O–H groups in total. The molecule has 0 atom stereocenters. The predicted octanol–water partition coefficient (Wildman–Crippen LogP) is 0.555. The van der Waals surface area contributed by atoms with Crippen LogP contribution >= 0.6 is 12.2 Å². The van der Waals surface area contributed by atoms with E-state index in [1.165, 1.54) is 12.1 Å². The molecular formula is C11H14N4O2S. The first kappa shape index (κ1) is 12.7. The van der Waals surface area contributed by atoms with Crippen LogP contribution < -0.4 is 16.6 Å². The average Bonchev–Trinajstić information content (AvgIpc) is 2.82. The Hall–Kier alpha value is -1.76. The van der Waals surface area contributed by atoms with Crippen molar-refractivity contribution in [3.63, 3.8) is 0 Å². The first-order valence-electron chi connectivity index (χ1n) is 5.72. The fourth-order valence-electron chi connectivity index (χ4n) is 2.21. The average molecular weight is 266 g/mol. The lowest BCUT2D eigenvalue weighted by molar-refractivity contribution is -0.122. The standard InChI is InChI=1S/C11H14N4O2S/c12-9(18)11(5-1-2-6-11)10(17)13-7-3-4-8(16)15-14-7/h3-4H,1-2,5-6H2,(H2,12,18)(H,15,16)(H,13,14,17). The molecule has 1 amide bonds. The molecule has 0 aliphatic heterocycles. The van der Waals surface area contributed by atoms with Gasteiger partial charge in [-0.05, 0) is 18.9 Å². The van der Waals surface area contributed by atoms with Crippen LogP contribution in [0.15, 0.2) is 16.9 Å². The van der Waals surface area contributed by atoms with Crippen LogP contribution in [0.3, 0.4) is 0 Å². The Balaban J connectivity index is 2.18. The third kappa shape index (κ3) is 2.26. The van der Waals surface area contributed by atoms with E-state index in [2.05, 4.69) is 15.5 Å². The monoisotopic (exact) mass is 266 g/mol. The molecule has 1 fully saturated rings. The smallest absolute Gasteiger partial charge is 0.264 e. The van der Waals surface area contributed by atoms with Crippen LogP contribution in [-0.2, 0) is 4.79 Å². The molecule has 1 aromatic rings. The second kappa shape index (κ2) is 4.85. The molecule has 0 saturated heterocycles. The second-order valence-electron chi connectivity index (χ2n) is 4.41. The number of aromatic amines is 1. The van der Waals surface area contributed by atoms with Crippen molar-refractivity contribution in [3.05, 3.63) is 22.5 Å². The van der Waals surface area contributed by atoms with E-state index in [4.69, 9.17) is 18.0 Å². The molecule has 18 heavy (non-hydrogen) atoms. The van der Waals surface area contributed by atoms with Gasteiger partial charge < -0.3 is 11.1 Å². The van der Waals surface area contributed by atoms with Crippen molar-refractivity contribution >= 4 is 28.9 Å². The molecule has 7 heteroatoms. The third-order valence-electron chi connectivity index (χ3n) is 3.28. The van der Waals surface area contributed by atoms with E-state index >= 15 is 0 Å². The lowest BCUT2D eigenvalue weighted by atomic mass is 9.85. The highest BCUT2D eigenvalue weighted by Crippen LogP contribution is 2.39. The van der Waals surface area contributed by atoms with Gasteiger partial charge in [-0.25, -0.2) is 5.10 Å². The number of carbonyl (C=O) groups is 1. The number of carbonyl (C=O) groups excluding carboxylic acids is 1. The highest BCUT2D eigenvalue weighted by Gasteiger charge is 2.44. The van der Waals surface area contributed by atoms with Crippen LogP contribution in [0.25, 0.3) is 0 Å². The topological polar surface area (TPSA) is 101 Å². The quantitative estimate of drug-likeness (QED) is 0.694. The van der Waals surface area contributed by atoms with Crippen LogP contribution in [0.1, 0.15) is 25.7 Å². The summed E-state index contributed by atoms with van der Waals surface area (Å²) in [6.45, 7) is 0. The minimum absolute atomic E-state index is 0.224. The lowest BCUT2D eigenvalue weighted by Gasteiger charge is -2.25. The largest absolute Gasteiger partial charge is 0.392 e. The normalized spacial score (nSPS) is 17.3. The second-order valence-corrected chi connectivity index (χ2v) is 4.85. The number of nitrogens with two attached hydrogens (primary N) is 1. The summed E-state index contributed by atoms with van der Waals surface area (Å²) in [6.07, 6.45) is 3.20. The van der Waals surface area contributed by atoms with E-state index in [0.29, 0.717) is 18.7 Å². The summed E-state index contributed by atoms with van der Waals surface area (Å²) in [5.74, 6) is 0.0502. The van der Waals surface area contributed by atoms with E-state index < -0.39 is 5.41 Å². The van der Waals surface area contributed by atoms with Gasteiger partial charge in [-0.2, -0.15) is 5.10 Å². The Morgan fingerprint density at radius 1 is 1.44 bits per heavy atom. The number of rotatable bonds is 3. The molecule has 1 aliphatic rings. The maximum absolute atomic E-state index is 12.3. The summed E-state index contributed by atoms with van der Waals surface area (Å²) in [5.41, 5.74) is 4.61. The van der Waals surface area contributed by atoms with Crippen molar-refractivity contribution in [1.82, 2.24) is 10.2 Å². The number of hydrogen-bond donors (Lipinski definition) is 3. The van der Waals surface area contributed by atoms with Gasteiger partial charge in [0.2, 0.25) is 5.91 Å². The zero-order valence-corrected chi connectivity index (χ0v) is 10.5. The molecule has 0 unspecified atom stereocenters. The molecule has 0 radical (unpaired) electrons. The van der Waals surface area contributed by atoms with Gasteiger partial charge in [0.1, 0.15) is 0 Å². The van der Waals surface area contributed by atoms with Gasteiger partial charge in [0.15, 0.2) is 5.82 Å². The lowest BCUT2D eigenvalue weighted by Crippen LogP contribution is -2.44. The molecule has 2 rings (SSSR count). The van der Waals surface area contributed by atoms with Crippen LogP contribution in [-0.4, -0.2) is 21.1 Å². The number of thiocarbonyl (C=S) groups is 1. The molecule has 0 spiro atoms. The third-order valence-corrected chi connectivity index (χ3v) is 3.67. The van der Waals surface area contributed by atoms with Crippen LogP contribution in [0, 0.1) is 5.41 Å². The van der Waals surface area contributed by atoms with Crippen LogP contribution in [0.4, 0.5) is 5.82 Å². The molecular weight excluding hydrogens is 252 g/mol. The van der Waals surface area contributed by atoms with Crippen molar-refractivity contribution in [2.24, 2.45) is 11.1 Å². The Kier molecular flexibility index (Phi) is 3.42. The summed E-state index contributed by atoms with van der Waals surface area (Å²) in [4.78, 5) is 23.3.